The van der Waals surface area contributed by atoms with Crippen molar-refractivity contribution in [2.75, 3.05) is 0 Å². The van der Waals surface area contributed by atoms with E-state index in [0.29, 0.717) is 6.04 Å². The third-order valence-electron chi connectivity index (χ3n) is 2.98. The number of nitrogens with one attached hydrogen (secondary N) is 1. The molecule has 0 aliphatic rings. The van der Waals surface area contributed by atoms with E-state index in [1.807, 2.05) is 24.3 Å². The summed E-state index contributed by atoms with van der Waals surface area (Å²) in [6.45, 7) is 5.20. The van der Waals surface area contributed by atoms with Gasteiger partial charge in [-0.05, 0) is 25.0 Å². The van der Waals surface area contributed by atoms with E-state index < -0.39 is 0 Å². The molecule has 4 heteroatoms. The van der Waals surface area contributed by atoms with Crippen molar-refractivity contribution in [3.8, 4) is 0 Å². The highest BCUT2D eigenvalue weighted by Gasteiger charge is 2.03. The molecule has 1 aromatic rings. The van der Waals surface area contributed by atoms with Crippen molar-refractivity contribution in [3.05, 3.63) is 35.4 Å². The number of hydrogen-bond acceptors (Lipinski definition) is 3. The topological polar surface area (TPSA) is 70.6 Å². The highest BCUT2D eigenvalue weighted by atomic mass is 16.4. The third kappa shape index (κ3) is 4.75. The Hall–Kier alpha value is -1.55. The van der Waals surface area contributed by atoms with Gasteiger partial charge in [-0.15, -0.1) is 0 Å². The first-order chi connectivity index (χ1) is 8.67. The molecule has 1 atom stereocenters. The van der Waals surface area contributed by atoms with E-state index in [1.54, 1.807) is 0 Å². The summed E-state index contributed by atoms with van der Waals surface area (Å²) in [7, 11) is 0. The molecule has 1 aromatic carbocycles. The third-order valence-corrected chi connectivity index (χ3v) is 2.98. The number of benzene rings is 1. The molecule has 1 rings (SSSR count). The van der Waals surface area contributed by atoms with Crippen LogP contribution in [0.15, 0.2) is 29.4 Å². The molecule has 100 valence electrons. The average molecular weight is 249 g/mol. The van der Waals surface area contributed by atoms with E-state index in [4.69, 9.17) is 10.9 Å². The second kappa shape index (κ2) is 7.71. The first-order valence-electron chi connectivity index (χ1n) is 6.47. The number of hydrogen-bond donors (Lipinski definition) is 3. The van der Waals surface area contributed by atoms with Crippen molar-refractivity contribution in [2.45, 2.75) is 45.7 Å². The predicted molar refractivity (Wildman–Crippen MR) is 74.8 cm³/mol. The second-order valence-electron chi connectivity index (χ2n) is 4.61. The molecule has 0 amide bonds. The Morgan fingerprint density at radius 2 is 2.28 bits per heavy atom. The van der Waals surface area contributed by atoms with Gasteiger partial charge in [-0.1, -0.05) is 43.1 Å². The summed E-state index contributed by atoms with van der Waals surface area (Å²) in [5.41, 5.74) is 7.45. The van der Waals surface area contributed by atoms with Crippen LogP contribution >= 0.6 is 0 Å². The highest BCUT2D eigenvalue weighted by Crippen LogP contribution is 2.06. The standard InChI is InChI=1S/C14H23N3O/c1-3-4-6-11(2)16-10-12-7-5-8-13(9-12)14(15)17-18/h5,7-9,11,16,18H,3-4,6,10H2,1-2H3,(H2,15,17). The van der Waals surface area contributed by atoms with Gasteiger partial charge in [-0.25, -0.2) is 0 Å². The zero-order valence-electron chi connectivity index (χ0n) is 11.2. The monoisotopic (exact) mass is 249 g/mol. The zero-order chi connectivity index (χ0) is 13.4. The number of oxime groups is 1. The van der Waals surface area contributed by atoms with Gasteiger partial charge in [-0.3, -0.25) is 0 Å². The number of nitrogens with zero attached hydrogens (tertiary/aromatic N) is 1. The van der Waals surface area contributed by atoms with Crippen molar-refractivity contribution in [3.63, 3.8) is 0 Å². The van der Waals surface area contributed by atoms with E-state index in [-0.39, 0.29) is 5.84 Å². The molecule has 18 heavy (non-hydrogen) atoms. The molecule has 0 bridgehead atoms. The molecular weight excluding hydrogens is 226 g/mol. The Labute approximate surface area is 109 Å². The van der Waals surface area contributed by atoms with Crippen LogP contribution in [-0.4, -0.2) is 17.1 Å². The molecule has 0 saturated heterocycles. The van der Waals surface area contributed by atoms with Crippen LogP contribution in [0.25, 0.3) is 0 Å². The fraction of sp³-hybridized carbons (Fsp3) is 0.500. The van der Waals surface area contributed by atoms with E-state index in [0.717, 1.165) is 17.7 Å². The fourth-order valence-corrected chi connectivity index (χ4v) is 1.80. The van der Waals surface area contributed by atoms with Gasteiger partial charge in [0, 0.05) is 18.2 Å². The Balaban J connectivity index is 2.52. The number of unbranched alkanes of at least 4 members (excludes halogenated alkanes) is 1. The van der Waals surface area contributed by atoms with Gasteiger partial charge in [0.2, 0.25) is 0 Å². The summed E-state index contributed by atoms with van der Waals surface area (Å²) in [5.74, 6) is 0.149. The normalized spacial score (nSPS) is 13.6. The first-order valence-corrected chi connectivity index (χ1v) is 6.47. The molecule has 4 N–H and O–H groups in total. The van der Waals surface area contributed by atoms with Gasteiger partial charge in [0.1, 0.15) is 0 Å². The summed E-state index contributed by atoms with van der Waals surface area (Å²) in [6.07, 6.45) is 3.67. The smallest absolute Gasteiger partial charge is 0.170 e. The Morgan fingerprint density at radius 1 is 1.50 bits per heavy atom. The van der Waals surface area contributed by atoms with Gasteiger partial charge >= 0.3 is 0 Å². The first kappa shape index (κ1) is 14.5. The Morgan fingerprint density at radius 3 is 2.94 bits per heavy atom. The van der Waals surface area contributed by atoms with Crippen LogP contribution in [0, 0.1) is 0 Å². The largest absolute Gasteiger partial charge is 0.409 e. The zero-order valence-corrected chi connectivity index (χ0v) is 11.2. The lowest BCUT2D eigenvalue weighted by Crippen LogP contribution is -2.25. The van der Waals surface area contributed by atoms with E-state index in [1.165, 1.54) is 19.3 Å². The molecule has 1 unspecified atom stereocenters. The van der Waals surface area contributed by atoms with Crippen LogP contribution in [0.2, 0.25) is 0 Å². The summed E-state index contributed by atoms with van der Waals surface area (Å²) in [5, 5.41) is 15.1. The van der Waals surface area contributed by atoms with Crippen molar-refractivity contribution in [1.29, 1.82) is 0 Å². The van der Waals surface area contributed by atoms with Crippen LogP contribution in [0.3, 0.4) is 0 Å². The number of amidine groups is 1. The maximum absolute atomic E-state index is 8.64. The van der Waals surface area contributed by atoms with Crippen molar-refractivity contribution >= 4 is 5.84 Å². The summed E-state index contributed by atoms with van der Waals surface area (Å²) in [4.78, 5) is 0. The molecule has 0 aliphatic carbocycles. The summed E-state index contributed by atoms with van der Waals surface area (Å²) >= 11 is 0. The highest BCUT2D eigenvalue weighted by molar-refractivity contribution is 5.97. The maximum Gasteiger partial charge on any atom is 0.170 e. The van der Waals surface area contributed by atoms with Crippen LogP contribution in [0.1, 0.15) is 44.2 Å². The van der Waals surface area contributed by atoms with E-state index >= 15 is 0 Å². The second-order valence-corrected chi connectivity index (χ2v) is 4.61. The SMILES string of the molecule is CCCCC(C)NCc1cccc(C(N)=NO)c1. The summed E-state index contributed by atoms with van der Waals surface area (Å²) in [6, 6.07) is 8.24. The molecule has 0 aliphatic heterocycles. The van der Waals surface area contributed by atoms with Crippen LogP contribution < -0.4 is 11.1 Å². The molecular formula is C14H23N3O. The lowest BCUT2D eigenvalue weighted by Gasteiger charge is -2.13. The minimum atomic E-state index is 0.149. The van der Waals surface area contributed by atoms with Crippen molar-refractivity contribution in [1.82, 2.24) is 5.32 Å². The van der Waals surface area contributed by atoms with Gasteiger partial charge in [0.05, 0.1) is 0 Å². The van der Waals surface area contributed by atoms with Crippen LogP contribution in [0.5, 0.6) is 0 Å². The Bertz CT molecular complexity index is 390. The van der Waals surface area contributed by atoms with E-state index in [9.17, 15) is 0 Å². The number of rotatable bonds is 7. The average Bonchev–Trinajstić information content (AvgIpc) is 2.42. The van der Waals surface area contributed by atoms with Gasteiger partial charge in [-0.2, -0.15) is 0 Å². The Kier molecular flexibility index (Phi) is 6.22. The van der Waals surface area contributed by atoms with Gasteiger partial charge < -0.3 is 16.3 Å². The molecule has 0 saturated carbocycles. The molecule has 0 radical (unpaired) electrons. The predicted octanol–water partition coefficient (Wildman–Crippen LogP) is 2.45. The molecule has 0 fully saturated rings. The van der Waals surface area contributed by atoms with Gasteiger partial charge in [0.15, 0.2) is 5.84 Å². The van der Waals surface area contributed by atoms with Gasteiger partial charge in [0.25, 0.3) is 0 Å². The quantitative estimate of drug-likeness (QED) is 0.301. The van der Waals surface area contributed by atoms with Crippen molar-refractivity contribution < 1.29 is 5.21 Å². The van der Waals surface area contributed by atoms with Crippen LogP contribution in [-0.2, 0) is 6.54 Å². The fourth-order valence-electron chi connectivity index (χ4n) is 1.80. The van der Waals surface area contributed by atoms with E-state index in [2.05, 4.69) is 24.3 Å². The molecule has 0 heterocycles. The van der Waals surface area contributed by atoms with Crippen LogP contribution in [0.4, 0.5) is 0 Å². The number of nitrogens with two attached hydrogens (primary N) is 1. The minimum Gasteiger partial charge on any atom is -0.409 e. The molecule has 0 aromatic heterocycles. The lowest BCUT2D eigenvalue weighted by molar-refractivity contribution is 0.318. The molecule has 4 nitrogen and oxygen atoms in total. The lowest BCUT2D eigenvalue weighted by atomic mass is 10.1. The maximum atomic E-state index is 8.64. The summed E-state index contributed by atoms with van der Waals surface area (Å²) < 4.78 is 0. The minimum absolute atomic E-state index is 0.149. The van der Waals surface area contributed by atoms with Crippen molar-refractivity contribution in [2.24, 2.45) is 10.9 Å². The molecule has 0 spiro atoms.